The second-order valence-electron chi connectivity index (χ2n) is 4.78. The van der Waals surface area contributed by atoms with Gasteiger partial charge in [-0.2, -0.15) is 0 Å². The average Bonchev–Trinajstić information content (AvgIpc) is 2.92. The summed E-state index contributed by atoms with van der Waals surface area (Å²) in [6.45, 7) is 3.61. The van der Waals surface area contributed by atoms with Crippen LogP contribution in [0.2, 0.25) is 5.02 Å². The molecule has 5 heteroatoms. The van der Waals surface area contributed by atoms with Crippen LogP contribution >= 0.6 is 11.6 Å². The van der Waals surface area contributed by atoms with Crippen molar-refractivity contribution in [2.75, 3.05) is 38.3 Å². The third kappa shape index (κ3) is 3.81. The van der Waals surface area contributed by atoms with E-state index in [0.717, 1.165) is 44.8 Å². The SMILES string of the molecule is COCCCN(c1ccc(F)c(Cl)c1)[C@H]1CCNC1. The number of anilines is 1. The van der Waals surface area contributed by atoms with Crippen LogP contribution < -0.4 is 10.2 Å². The maximum atomic E-state index is 13.3. The van der Waals surface area contributed by atoms with E-state index in [1.807, 2.05) is 0 Å². The van der Waals surface area contributed by atoms with Crippen LogP contribution in [0.1, 0.15) is 12.8 Å². The minimum absolute atomic E-state index is 0.181. The van der Waals surface area contributed by atoms with Crippen LogP contribution in [0.25, 0.3) is 0 Å². The lowest BCUT2D eigenvalue weighted by Gasteiger charge is -2.31. The first-order valence-electron chi connectivity index (χ1n) is 6.63. The van der Waals surface area contributed by atoms with Crippen LogP contribution in [0.4, 0.5) is 10.1 Å². The van der Waals surface area contributed by atoms with Crippen molar-refractivity contribution in [3.05, 3.63) is 29.0 Å². The molecule has 1 atom stereocenters. The molecule has 1 aliphatic heterocycles. The fraction of sp³-hybridized carbons (Fsp3) is 0.571. The Bertz CT molecular complexity index is 410. The number of nitrogens with zero attached hydrogens (tertiary/aromatic N) is 1. The van der Waals surface area contributed by atoms with Crippen LogP contribution in [0.5, 0.6) is 0 Å². The van der Waals surface area contributed by atoms with E-state index in [9.17, 15) is 4.39 Å². The van der Waals surface area contributed by atoms with Crippen molar-refractivity contribution in [1.82, 2.24) is 5.32 Å². The Morgan fingerprint density at radius 2 is 2.37 bits per heavy atom. The Labute approximate surface area is 118 Å². The third-order valence-electron chi connectivity index (χ3n) is 3.46. The molecule has 2 rings (SSSR count). The van der Waals surface area contributed by atoms with Gasteiger partial charge in [-0.05, 0) is 37.6 Å². The van der Waals surface area contributed by atoms with E-state index in [-0.39, 0.29) is 10.8 Å². The summed E-state index contributed by atoms with van der Waals surface area (Å²) in [5, 5.41) is 3.54. The fourth-order valence-corrected chi connectivity index (χ4v) is 2.65. The number of hydrogen-bond acceptors (Lipinski definition) is 3. The van der Waals surface area contributed by atoms with Crippen molar-refractivity contribution in [3.63, 3.8) is 0 Å². The lowest BCUT2D eigenvalue weighted by molar-refractivity contribution is 0.195. The Kier molecular flexibility index (Phi) is 5.43. The van der Waals surface area contributed by atoms with Gasteiger partial charge < -0.3 is 15.0 Å². The van der Waals surface area contributed by atoms with Gasteiger partial charge in [0, 0.05) is 38.5 Å². The first kappa shape index (κ1) is 14.6. The maximum Gasteiger partial charge on any atom is 0.141 e. The summed E-state index contributed by atoms with van der Waals surface area (Å²) in [6, 6.07) is 5.39. The molecule has 0 radical (unpaired) electrons. The van der Waals surface area contributed by atoms with Crippen LogP contribution in [0.3, 0.4) is 0 Å². The molecule has 19 heavy (non-hydrogen) atoms. The minimum atomic E-state index is -0.369. The van der Waals surface area contributed by atoms with Gasteiger partial charge in [-0.15, -0.1) is 0 Å². The lowest BCUT2D eigenvalue weighted by Crippen LogP contribution is -2.38. The second kappa shape index (κ2) is 7.08. The highest BCUT2D eigenvalue weighted by Crippen LogP contribution is 2.26. The molecule has 1 heterocycles. The predicted octanol–water partition coefficient (Wildman–Crippen LogP) is 2.68. The molecule has 3 nitrogen and oxygen atoms in total. The van der Waals surface area contributed by atoms with Crippen molar-refractivity contribution in [2.45, 2.75) is 18.9 Å². The number of methoxy groups -OCH3 is 1. The molecule has 0 aromatic heterocycles. The average molecular weight is 287 g/mol. The van der Waals surface area contributed by atoms with Gasteiger partial charge in [0.05, 0.1) is 5.02 Å². The van der Waals surface area contributed by atoms with Crippen molar-refractivity contribution < 1.29 is 9.13 Å². The quantitative estimate of drug-likeness (QED) is 0.814. The number of rotatable bonds is 6. The summed E-state index contributed by atoms with van der Waals surface area (Å²) < 4.78 is 18.4. The van der Waals surface area contributed by atoms with Crippen molar-refractivity contribution in [3.8, 4) is 0 Å². The van der Waals surface area contributed by atoms with Gasteiger partial charge >= 0.3 is 0 Å². The molecule has 1 aromatic rings. The van der Waals surface area contributed by atoms with Gasteiger partial charge in [0.2, 0.25) is 0 Å². The van der Waals surface area contributed by atoms with Gasteiger partial charge in [-0.1, -0.05) is 11.6 Å². The molecule has 0 saturated carbocycles. The molecule has 0 unspecified atom stereocenters. The molecular weight excluding hydrogens is 267 g/mol. The van der Waals surface area contributed by atoms with E-state index in [2.05, 4.69) is 10.2 Å². The van der Waals surface area contributed by atoms with Crippen molar-refractivity contribution >= 4 is 17.3 Å². The Hall–Kier alpha value is -0.840. The molecule has 1 N–H and O–H groups in total. The van der Waals surface area contributed by atoms with E-state index in [1.54, 1.807) is 19.2 Å². The molecule has 1 fully saturated rings. The number of halogens is 2. The topological polar surface area (TPSA) is 24.5 Å². The van der Waals surface area contributed by atoms with Crippen LogP contribution in [0.15, 0.2) is 18.2 Å². The fourth-order valence-electron chi connectivity index (χ4n) is 2.47. The minimum Gasteiger partial charge on any atom is -0.385 e. The van der Waals surface area contributed by atoms with Gasteiger partial charge in [0.1, 0.15) is 5.82 Å². The summed E-state index contributed by atoms with van der Waals surface area (Å²) in [4.78, 5) is 2.30. The number of ether oxygens (including phenoxy) is 1. The van der Waals surface area contributed by atoms with Gasteiger partial charge in [-0.3, -0.25) is 0 Å². The van der Waals surface area contributed by atoms with E-state index < -0.39 is 0 Å². The largest absolute Gasteiger partial charge is 0.385 e. The van der Waals surface area contributed by atoms with Gasteiger partial charge in [0.25, 0.3) is 0 Å². The third-order valence-corrected chi connectivity index (χ3v) is 3.75. The zero-order chi connectivity index (χ0) is 13.7. The number of hydrogen-bond donors (Lipinski definition) is 1. The normalized spacial score (nSPS) is 18.8. The molecule has 1 aromatic carbocycles. The standard InChI is InChI=1S/C14H20ClFN2O/c1-19-8-2-7-18(12-5-6-17-10-12)11-3-4-14(16)13(15)9-11/h3-4,9,12,17H,2,5-8,10H2,1H3/t12-/m0/s1. The highest BCUT2D eigenvalue weighted by molar-refractivity contribution is 6.31. The maximum absolute atomic E-state index is 13.3. The first-order chi connectivity index (χ1) is 9.22. The smallest absolute Gasteiger partial charge is 0.141 e. The summed E-state index contributed by atoms with van der Waals surface area (Å²) in [5.74, 6) is -0.369. The van der Waals surface area contributed by atoms with E-state index in [4.69, 9.17) is 16.3 Å². The van der Waals surface area contributed by atoms with E-state index >= 15 is 0 Å². The molecule has 0 bridgehead atoms. The van der Waals surface area contributed by atoms with Crippen molar-refractivity contribution in [1.29, 1.82) is 0 Å². The molecule has 106 valence electrons. The molecular formula is C14H20ClFN2O. The highest BCUT2D eigenvalue weighted by atomic mass is 35.5. The first-order valence-corrected chi connectivity index (χ1v) is 7.01. The molecule has 0 amide bonds. The summed E-state index contributed by atoms with van der Waals surface area (Å²) in [7, 11) is 1.70. The Morgan fingerprint density at radius 1 is 1.53 bits per heavy atom. The van der Waals surface area contributed by atoms with Crippen molar-refractivity contribution in [2.24, 2.45) is 0 Å². The zero-order valence-corrected chi connectivity index (χ0v) is 11.9. The Balaban J connectivity index is 2.12. The summed E-state index contributed by atoms with van der Waals surface area (Å²) in [5.41, 5.74) is 0.983. The van der Waals surface area contributed by atoms with Gasteiger partial charge in [-0.25, -0.2) is 4.39 Å². The zero-order valence-electron chi connectivity index (χ0n) is 11.2. The monoisotopic (exact) mass is 286 g/mol. The molecule has 1 aliphatic rings. The Morgan fingerprint density at radius 3 is 3.00 bits per heavy atom. The van der Waals surface area contributed by atoms with E-state index in [1.165, 1.54) is 6.07 Å². The predicted molar refractivity (Wildman–Crippen MR) is 76.5 cm³/mol. The van der Waals surface area contributed by atoms with Crippen LogP contribution in [-0.2, 0) is 4.74 Å². The second-order valence-corrected chi connectivity index (χ2v) is 5.19. The molecule has 0 aliphatic carbocycles. The summed E-state index contributed by atoms with van der Waals surface area (Å²) in [6.07, 6.45) is 2.05. The number of nitrogens with one attached hydrogen (secondary N) is 1. The highest BCUT2D eigenvalue weighted by Gasteiger charge is 2.22. The lowest BCUT2D eigenvalue weighted by atomic mass is 10.1. The van der Waals surface area contributed by atoms with Crippen LogP contribution in [0, 0.1) is 5.82 Å². The van der Waals surface area contributed by atoms with Crippen LogP contribution in [-0.4, -0.2) is 39.4 Å². The van der Waals surface area contributed by atoms with E-state index in [0.29, 0.717) is 6.04 Å². The summed E-state index contributed by atoms with van der Waals surface area (Å²) >= 11 is 5.88. The number of benzene rings is 1. The molecule has 0 spiro atoms. The molecule has 1 saturated heterocycles. The van der Waals surface area contributed by atoms with Gasteiger partial charge in [0.15, 0.2) is 0 Å².